The number of alkyl halides is 3. The summed E-state index contributed by atoms with van der Waals surface area (Å²) in [6.45, 7) is -0.436. The number of amides is 1. The van der Waals surface area contributed by atoms with Gasteiger partial charge < -0.3 is 19.9 Å². The molecule has 8 nitrogen and oxygen atoms in total. The van der Waals surface area contributed by atoms with Gasteiger partial charge in [-0.3, -0.25) is 0 Å². The van der Waals surface area contributed by atoms with Gasteiger partial charge in [0.05, 0.1) is 17.8 Å². The number of carbonyl (C=O) groups excluding carboxylic acids is 1. The highest BCUT2D eigenvalue weighted by Gasteiger charge is 2.46. The maximum absolute atomic E-state index is 13.8. The van der Waals surface area contributed by atoms with Crippen molar-refractivity contribution in [1.82, 2.24) is 24.8 Å². The molecule has 0 bridgehead atoms. The molecular formula is C25H23F3N6O2. The Kier molecular flexibility index (Phi) is 6.45. The second kappa shape index (κ2) is 9.84. The number of pyridine rings is 1. The number of hydrogen-bond donors (Lipinski definition) is 2. The number of nitrogens with zero attached hydrogens (tertiary/aromatic N) is 4. The number of carbonyl (C=O) groups is 1. The normalized spacial score (nSPS) is 18.2. The number of aromatic amines is 1. The Balaban J connectivity index is 1.35. The lowest BCUT2D eigenvalue weighted by atomic mass is 9.93. The van der Waals surface area contributed by atoms with Crippen molar-refractivity contribution in [2.75, 3.05) is 18.4 Å². The van der Waals surface area contributed by atoms with Crippen LogP contribution in [0.4, 0.5) is 23.8 Å². The molecule has 0 radical (unpaired) electrons. The number of hydrogen-bond acceptors (Lipinski definition) is 6. The first kappa shape index (κ1) is 23.6. The summed E-state index contributed by atoms with van der Waals surface area (Å²) in [5.74, 6) is -1.33. The first-order valence-corrected chi connectivity index (χ1v) is 11.4. The van der Waals surface area contributed by atoms with Crippen molar-refractivity contribution in [3.63, 3.8) is 0 Å². The Morgan fingerprint density at radius 2 is 1.94 bits per heavy atom. The van der Waals surface area contributed by atoms with Crippen molar-refractivity contribution in [2.24, 2.45) is 5.92 Å². The van der Waals surface area contributed by atoms with Gasteiger partial charge in [-0.2, -0.15) is 13.2 Å². The number of aromatic nitrogens is 4. The van der Waals surface area contributed by atoms with E-state index in [2.05, 4.69) is 25.3 Å². The fourth-order valence-corrected chi connectivity index (χ4v) is 4.28. The molecule has 186 valence electrons. The van der Waals surface area contributed by atoms with E-state index in [0.29, 0.717) is 28.2 Å². The maximum atomic E-state index is 13.8. The molecule has 11 heteroatoms. The van der Waals surface area contributed by atoms with Crippen LogP contribution in [0, 0.1) is 5.92 Å². The molecule has 1 aliphatic rings. The maximum Gasteiger partial charge on any atom is 0.410 e. The number of halogens is 3. The number of nitrogens with one attached hydrogen (secondary N) is 2. The molecule has 1 amide bonds. The van der Waals surface area contributed by atoms with E-state index in [9.17, 15) is 18.0 Å². The summed E-state index contributed by atoms with van der Waals surface area (Å²) in [5, 5.41) is 3.11. The highest BCUT2D eigenvalue weighted by molar-refractivity contribution is 5.78. The lowest BCUT2D eigenvalue weighted by Crippen LogP contribution is -2.52. The lowest BCUT2D eigenvalue weighted by Gasteiger charge is -2.38. The molecule has 0 spiro atoms. The van der Waals surface area contributed by atoms with E-state index in [1.807, 2.05) is 6.07 Å². The third-order valence-corrected chi connectivity index (χ3v) is 6.06. The third-order valence-electron chi connectivity index (χ3n) is 6.06. The van der Waals surface area contributed by atoms with Gasteiger partial charge in [0, 0.05) is 37.1 Å². The molecule has 0 aliphatic carbocycles. The van der Waals surface area contributed by atoms with Gasteiger partial charge in [0.1, 0.15) is 17.9 Å². The Morgan fingerprint density at radius 1 is 1.11 bits per heavy atom. The topological polar surface area (TPSA) is 96.0 Å². The zero-order chi connectivity index (χ0) is 25.1. The molecule has 4 aromatic rings. The van der Waals surface area contributed by atoms with Crippen LogP contribution < -0.4 is 5.32 Å². The van der Waals surface area contributed by atoms with Crippen molar-refractivity contribution in [3.8, 4) is 11.3 Å². The second-order valence-corrected chi connectivity index (χ2v) is 8.63. The average molecular weight is 496 g/mol. The Bertz CT molecular complexity index is 1340. The SMILES string of the molecule is O=C(OCc1ccccc1)N1C[C@H](Nc2ncccc2-c2cnc3[nH]ccc3n2)C[C@H](C(F)(F)F)C1. The van der Waals surface area contributed by atoms with Crippen LogP contribution in [0.2, 0.25) is 0 Å². The molecule has 5 rings (SSSR count). The van der Waals surface area contributed by atoms with E-state index >= 15 is 0 Å². The van der Waals surface area contributed by atoms with Crippen LogP contribution in [-0.4, -0.2) is 56.2 Å². The Labute approximate surface area is 204 Å². The van der Waals surface area contributed by atoms with Crippen LogP contribution >= 0.6 is 0 Å². The fourth-order valence-electron chi connectivity index (χ4n) is 4.28. The number of ether oxygens (including phenoxy) is 1. The van der Waals surface area contributed by atoms with Gasteiger partial charge in [-0.05, 0) is 30.2 Å². The molecule has 36 heavy (non-hydrogen) atoms. The summed E-state index contributed by atoms with van der Waals surface area (Å²) in [4.78, 5) is 30.0. The first-order valence-electron chi connectivity index (χ1n) is 11.4. The van der Waals surface area contributed by atoms with E-state index in [1.165, 1.54) is 0 Å². The summed E-state index contributed by atoms with van der Waals surface area (Å²) >= 11 is 0. The van der Waals surface area contributed by atoms with Crippen LogP contribution in [-0.2, 0) is 11.3 Å². The number of H-pyrrole nitrogens is 1. The quantitative estimate of drug-likeness (QED) is 0.403. The molecule has 1 fully saturated rings. The smallest absolute Gasteiger partial charge is 0.410 e. The molecule has 1 aliphatic heterocycles. The minimum absolute atomic E-state index is 0.0182. The van der Waals surface area contributed by atoms with Crippen molar-refractivity contribution >= 4 is 23.1 Å². The number of benzene rings is 1. The average Bonchev–Trinajstić information content (AvgIpc) is 3.35. The number of likely N-dealkylation sites (tertiary alicyclic amines) is 1. The van der Waals surface area contributed by atoms with Crippen molar-refractivity contribution in [3.05, 3.63) is 72.7 Å². The van der Waals surface area contributed by atoms with E-state index < -0.39 is 30.8 Å². The third kappa shape index (κ3) is 5.24. The molecule has 4 heterocycles. The molecule has 3 aromatic heterocycles. The van der Waals surface area contributed by atoms with Crippen LogP contribution in [0.3, 0.4) is 0 Å². The van der Waals surface area contributed by atoms with Gasteiger partial charge >= 0.3 is 12.3 Å². The van der Waals surface area contributed by atoms with Gasteiger partial charge in [-0.1, -0.05) is 30.3 Å². The van der Waals surface area contributed by atoms with E-state index in [1.54, 1.807) is 61.1 Å². The molecule has 1 aromatic carbocycles. The zero-order valence-corrected chi connectivity index (χ0v) is 19.1. The van der Waals surface area contributed by atoms with E-state index in [-0.39, 0.29) is 19.6 Å². The number of fused-ring (bicyclic) bond motifs is 1. The highest BCUT2D eigenvalue weighted by atomic mass is 19.4. The van der Waals surface area contributed by atoms with Gasteiger partial charge in [0.2, 0.25) is 0 Å². The largest absolute Gasteiger partial charge is 0.445 e. The number of piperidine rings is 1. The van der Waals surface area contributed by atoms with Crippen molar-refractivity contribution < 1.29 is 22.7 Å². The number of anilines is 1. The van der Waals surface area contributed by atoms with Gasteiger partial charge in [0.15, 0.2) is 5.65 Å². The second-order valence-electron chi connectivity index (χ2n) is 8.63. The monoisotopic (exact) mass is 496 g/mol. The van der Waals surface area contributed by atoms with Crippen LogP contribution in [0.25, 0.3) is 22.4 Å². The zero-order valence-electron chi connectivity index (χ0n) is 19.1. The van der Waals surface area contributed by atoms with Gasteiger partial charge in [-0.15, -0.1) is 0 Å². The molecular weight excluding hydrogens is 473 g/mol. The van der Waals surface area contributed by atoms with Crippen molar-refractivity contribution in [1.29, 1.82) is 0 Å². The molecule has 2 atom stereocenters. The first-order chi connectivity index (χ1) is 17.4. The summed E-state index contributed by atoms with van der Waals surface area (Å²) in [5.41, 5.74) is 3.16. The summed E-state index contributed by atoms with van der Waals surface area (Å²) < 4.78 is 46.6. The van der Waals surface area contributed by atoms with Crippen LogP contribution in [0.1, 0.15) is 12.0 Å². The van der Waals surface area contributed by atoms with Crippen LogP contribution in [0.5, 0.6) is 0 Å². The predicted molar refractivity (Wildman–Crippen MR) is 127 cm³/mol. The standard InChI is InChI=1S/C25H23F3N6O2/c26-25(27,28)17-11-18(14-34(13-17)24(35)36-15-16-5-2-1-3-6-16)32-22-19(7-4-9-29-22)21-12-31-23-20(33-21)8-10-30-23/h1-10,12,17-18H,11,13-15H2,(H,29,32)(H,30,31)/t17-,18+/m0/s1. The molecule has 2 N–H and O–H groups in total. The minimum Gasteiger partial charge on any atom is -0.445 e. The van der Waals surface area contributed by atoms with E-state index in [4.69, 9.17) is 4.74 Å². The molecule has 0 unspecified atom stereocenters. The van der Waals surface area contributed by atoms with Crippen molar-refractivity contribution in [2.45, 2.75) is 25.2 Å². The minimum atomic E-state index is -4.46. The summed E-state index contributed by atoms with van der Waals surface area (Å²) in [6, 6.07) is 13.6. The van der Waals surface area contributed by atoms with Gasteiger partial charge in [-0.25, -0.2) is 19.7 Å². The Hall–Kier alpha value is -4.15. The lowest BCUT2D eigenvalue weighted by molar-refractivity contribution is -0.185. The highest BCUT2D eigenvalue weighted by Crippen LogP contribution is 2.35. The number of rotatable bonds is 5. The fraction of sp³-hybridized carbons (Fsp3) is 0.280. The summed E-state index contributed by atoms with van der Waals surface area (Å²) in [6.07, 6.45) is -0.607. The van der Waals surface area contributed by atoms with Gasteiger partial charge in [0.25, 0.3) is 0 Å². The van der Waals surface area contributed by atoms with Crippen LogP contribution in [0.15, 0.2) is 67.1 Å². The molecule has 1 saturated heterocycles. The van der Waals surface area contributed by atoms with E-state index in [0.717, 1.165) is 10.5 Å². The molecule has 0 saturated carbocycles. The predicted octanol–water partition coefficient (Wildman–Crippen LogP) is 5.02. The Morgan fingerprint density at radius 3 is 2.75 bits per heavy atom. The summed E-state index contributed by atoms with van der Waals surface area (Å²) in [7, 11) is 0.